The molecule has 0 radical (unpaired) electrons. The summed E-state index contributed by atoms with van der Waals surface area (Å²) in [5.41, 5.74) is 0.872. The Morgan fingerprint density at radius 3 is 2.66 bits per heavy atom. The van der Waals surface area contributed by atoms with Gasteiger partial charge in [-0.2, -0.15) is 0 Å². The van der Waals surface area contributed by atoms with Crippen molar-refractivity contribution in [2.45, 2.75) is 17.5 Å². The SMILES string of the molecule is c1cncc(-c2nnc(SCc3nnc(-c4ccco4)o3)n2Cc2ccco2)c1. The van der Waals surface area contributed by atoms with Crippen molar-refractivity contribution < 1.29 is 13.3 Å². The fourth-order valence-corrected chi connectivity index (χ4v) is 3.52. The predicted octanol–water partition coefficient (Wildman–Crippen LogP) is 3.92. The van der Waals surface area contributed by atoms with Gasteiger partial charge in [0, 0.05) is 18.0 Å². The molecule has 29 heavy (non-hydrogen) atoms. The van der Waals surface area contributed by atoms with E-state index in [0.29, 0.717) is 40.8 Å². The molecule has 0 aliphatic heterocycles. The Bertz CT molecular complexity index is 1180. The number of nitrogens with zero attached hydrogens (tertiary/aromatic N) is 6. The number of rotatable bonds is 7. The highest BCUT2D eigenvalue weighted by molar-refractivity contribution is 7.98. The van der Waals surface area contributed by atoms with Crippen LogP contribution < -0.4 is 0 Å². The summed E-state index contributed by atoms with van der Waals surface area (Å²) in [5, 5.41) is 17.5. The third-order valence-corrected chi connectivity index (χ3v) is 5.01. The molecule has 5 rings (SSSR count). The van der Waals surface area contributed by atoms with Gasteiger partial charge in [0.05, 0.1) is 24.8 Å². The standard InChI is InChI=1S/C19H14N6O3S/c1-4-13(10-20-7-1)17-22-24-19(25(17)11-14-5-2-8-26-14)29-12-16-21-23-18(28-16)15-6-3-9-27-15/h1-10H,11-12H2. The Kier molecular flexibility index (Phi) is 4.67. The average Bonchev–Trinajstić information content (AvgIpc) is 3.55. The molecular formula is C19H14N6O3S. The first-order valence-corrected chi connectivity index (χ1v) is 9.70. The number of pyridine rings is 1. The predicted molar refractivity (Wildman–Crippen MR) is 103 cm³/mol. The summed E-state index contributed by atoms with van der Waals surface area (Å²) in [6.07, 6.45) is 6.68. The van der Waals surface area contributed by atoms with E-state index < -0.39 is 0 Å². The van der Waals surface area contributed by atoms with Crippen molar-refractivity contribution in [1.82, 2.24) is 29.9 Å². The second-order valence-corrected chi connectivity index (χ2v) is 6.92. The summed E-state index contributed by atoms with van der Waals surface area (Å²) >= 11 is 1.45. The molecule has 9 nitrogen and oxygen atoms in total. The van der Waals surface area contributed by atoms with E-state index in [9.17, 15) is 0 Å². The highest BCUT2D eigenvalue weighted by Gasteiger charge is 2.18. The summed E-state index contributed by atoms with van der Waals surface area (Å²) in [5.74, 6) is 3.30. The first kappa shape index (κ1) is 17.4. The molecule has 5 heterocycles. The van der Waals surface area contributed by atoms with E-state index in [1.165, 1.54) is 11.8 Å². The Hall–Kier alpha value is -3.66. The molecule has 5 aromatic heterocycles. The van der Waals surface area contributed by atoms with E-state index in [4.69, 9.17) is 13.3 Å². The molecule has 0 fully saturated rings. The number of aromatic nitrogens is 6. The van der Waals surface area contributed by atoms with E-state index in [1.54, 1.807) is 37.1 Å². The first-order valence-electron chi connectivity index (χ1n) is 8.72. The zero-order chi connectivity index (χ0) is 19.5. The molecule has 10 heteroatoms. The van der Waals surface area contributed by atoms with Crippen LogP contribution in [0.25, 0.3) is 23.0 Å². The molecule has 0 unspecified atom stereocenters. The van der Waals surface area contributed by atoms with Crippen LogP contribution in [0.15, 0.2) is 79.7 Å². The van der Waals surface area contributed by atoms with E-state index in [1.807, 2.05) is 28.8 Å². The number of hydrogen-bond donors (Lipinski definition) is 0. The molecule has 0 aliphatic carbocycles. The van der Waals surface area contributed by atoms with Gasteiger partial charge in [0.25, 0.3) is 5.89 Å². The van der Waals surface area contributed by atoms with Crippen LogP contribution in [0.5, 0.6) is 0 Å². The normalized spacial score (nSPS) is 11.2. The average molecular weight is 406 g/mol. The van der Waals surface area contributed by atoms with Crippen LogP contribution in [0.1, 0.15) is 11.7 Å². The van der Waals surface area contributed by atoms with Gasteiger partial charge in [-0.25, -0.2) is 0 Å². The summed E-state index contributed by atoms with van der Waals surface area (Å²) < 4.78 is 18.4. The van der Waals surface area contributed by atoms with Crippen LogP contribution in [0.3, 0.4) is 0 Å². The largest absolute Gasteiger partial charge is 0.467 e. The highest BCUT2D eigenvalue weighted by Crippen LogP contribution is 2.28. The van der Waals surface area contributed by atoms with Crippen molar-refractivity contribution in [1.29, 1.82) is 0 Å². The summed E-state index contributed by atoms with van der Waals surface area (Å²) in [6.45, 7) is 0.494. The second kappa shape index (κ2) is 7.76. The van der Waals surface area contributed by atoms with Crippen LogP contribution in [-0.4, -0.2) is 29.9 Å². The molecule has 5 aromatic rings. The Morgan fingerprint density at radius 1 is 0.931 bits per heavy atom. The van der Waals surface area contributed by atoms with Gasteiger partial charge in [-0.3, -0.25) is 9.55 Å². The molecule has 0 aromatic carbocycles. The summed E-state index contributed by atoms with van der Waals surface area (Å²) in [6, 6.07) is 11.1. The third-order valence-electron chi connectivity index (χ3n) is 4.05. The monoisotopic (exact) mass is 406 g/mol. The number of thioether (sulfide) groups is 1. The van der Waals surface area contributed by atoms with E-state index in [-0.39, 0.29) is 0 Å². The zero-order valence-corrected chi connectivity index (χ0v) is 15.8. The highest BCUT2D eigenvalue weighted by atomic mass is 32.2. The smallest absolute Gasteiger partial charge is 0.283 e. The maximum absolute atomic E-state index is 5.66. The molecule has 0 bridgehead atoms. The maximum Gasteiger partial charge on any atom is 0.283 e. The lowest BCUT2D eigenvalue weighted by Gasteiger charge is -2.08. The number of hydrogen-bond acceptors (Lipinski definition) is 9. The van der Waals surface area contributed by atoms with Crippen molar-refractivity contribution in [3.05, 3.63) is 73.0 Å². The minimum absolute atomic E-state index is 0.346. The molecule has 0 atom stereocenters. The van der Waals surface area contributed by atoms with Crippen molar-refractivity contribution in [2.24, 2.45) is 0 Å². The molecule has 0 spiro atoms. The minimum Gasteiger partial charge on any atom is -0.467 e. The maximum atomic E-state index is 5.66. The molecule has 0 N–H and O–H groups in total. The van der Waals surface area contributed by atoms with Gasteiger partial charge in [-0.05, 0) is 36.4 Å². The molecule has 0 saturated heterocycles. The zero-order valence-electron chi connectivity index (χ0n) is 15.0. The molecule has 0 aliphatic rings. The van der Waals surface area contributed by atoms with Gasteiger partial charge in [-0.15, -0.1) is 20.4 Å². The van der Waals surface area contributed by atoms with Gasteiger partial charge in [0.2, 0.25) is 5.89 Å². The van der Waals surface area contributed by atoms with Gasteiger partial charge < -0.3 is 13.3 Å². The Labute approximate surface area is 168 Å². The fourth-order valence-electron chi connectivity index (χ4n) is 2.74. The Balaban J connectivity index is 1.40. The fraction of sp³-hybridized carbons (Fsp3) is 0.105. The first-order chi connectivity index (χ1) is 14.4. The van der Waals surface area contributed by atoms with Crippen molar-refractivity contribution in [2.75, 3.05) is 0 Å². The summed E-state index contributed by atoms with van der Waals surface area (Å²) in [4.78, 5) is 4.18. The Morgan fingerprint density at radius 2 is 1.86 bits per heavy atom. The number of furan rings is 2. The minimum atomic E-state index is 0.346. The van der Waals surface area contributed by atoms with Crippen molar-refractivity contribution in [3.63, 3.8) is 0 Å². The van der Waals surface area contributed by atoms with E-state index >= 15 is 0 Å². The molecular weight excluding hydrogens is 392 g/mol. The quantitative estimate of drug-likeness (QED) is 0.371. The molecule has 144 valence electrons. The third kappa shape index (κ3) is 3.69. The van der Waals surface area contributed by atoms with Crippen molar-refractivity contribution >= 4 is 11.8 Å². The van der Waals surface area contributed by atoms with Crippen LogP contribution >= 0.6 is 11.8 Å². The van der Waals surface area contributed by atoms with Gasteiger partial charge in [0.15, 0.2) is 16.7 Å². The van der Waals surface area contributed by atoms with Crippen molar-refractivity contribution in [3.8, 4) is 23.0 Å². The van der Waals surface area contributed by atoms with Crippen LogP contribution in [0.4, 0.5) is 0 Å². The van der Waals surface area contributed by atoms with Gasteiger partial charge in [-0.1, -0.05) is 11.8 Å². The van der Waals surface area contributed by atoms with E-state index in [2.05, 4.69) is 25.4 Å². The molecule has 0 saturated carbocycles. The van der Waals surface area contributed by atoms with Crippen LogP contribution in [0, 0.1) is 0 Å². The lowest BCUT2D eigenvalue weighted by molar-refractivity contribution is 0.484. The lowest BCUT2D eigenvalue weighted by atomic mass is 10.2. The lowest BCUT2D eigenvalue weighted by Crippen LogP contribution is -2.03. The summed E-state index contributed by atoms with van der Waals surface area (Å²) in [7, 11) is 0. The van der Waals surface area contributed by atoms with Crippen LogP contribution in [0.2, 0.25) is 0 Å². The van der Waals surface area contributed by atoms with Crippen LogP contribution in [-0.2, 0) is 12.3 Å². The topological polar surface area (TPSA) is 109 Å². The van der Waals surface area contributed by atoms with E-state index in [0.717, 1.165) is 11.3 Å². The van der Waals surface area contributed by atoms with Gasteiger partial charge in [0.1, 0.15) is 5.76 Å². The van der Waals surface area contributed by atoms with Gasteiger partial charge >= 0.3 is 0 Å². The molecule has 0 amide bonds. The second-order valence-electron chi connectivity index (χ2n) is 5.98.